The molecule has 0 spiro atoms. The van der Waals surface area contributed by atoms with Gasteiger partial charge in [0.05, 0.1) is 5.69 Å². The molecular weight excluding hydrogens is 264 g/mol. The van der Waals surface area contributed by atoms with Gasteiger partial charge in [-0.25, -0.2) is 4.98 Å². The molecule has 5 heteroatoms. The topological polar surface area (TPSA) is 83.8 Å². The zero-order valence-electron chi connectivity index (χ0n) is 11.6. The normalized spacial score (nSPS) is 12.3. The number of carbonyl (C=O) groups excluding carboxylic acids is 1. The molecule has 3 rings (SSSR count). The largest absolute Gasteiger partial charge is 0.346 e. The predicted octanol–water partition coefficient (Wildman–Crippen LogP) is 2.83. The van der Waals surface area contributed by atoms with E-state index in [9.17, 15) is 4.79 Å². The summed E-state index contributed by atoms with van der Waals surface area (Å²) in [4.78, 5) is 19.7. The number of benzene rings is 1. The van der Waals surface area contributed by atoms with Crippen molar-refractivity contribution in [3.63, 3.8) is 0 Å². The van der Waals surface area contributed by atoms with Gasteiger partial charge in [-0.05, 0) is 30.7 Å². The zero-order chi connectivity index (χ0) is 14.8. The average Bonchev–Trinajstić information content (AvgIpc) is 2.96. The Balaban J connectivity index is 1.95. The van der Waals surface area contributed by atoms with Crippen LogP contribution in [0.15, 0.2) is 48.8 Å². The molecule has 106 valence electrons. The predicted molar refractivity (Wildman–Crippen MR) is 83.1 cm³/mol. The van der Waals surface area contributed by atoms with Crippen LogP contribution in [0.3, 0.4) is 0 Å². The second-order valence-corrected chi connectivity index (χ2v) is 4.93. The number of amides is 1. The quantitative estimate of drug-likeness (QED) is 0.689. The minimum Gasteiger partial charge on any atom is -0.346 e. The summed E-state index contributed by atoms with van der Waals surface area (Å²) in [6, 6.07) is 10.8. The molecule has 0 aliphatic heterocycles. The first-order valence-corrected chi connectivity index (χ1v) is 6.75. The van der Waals surface area contributed by atoms with Gasteiger partial charge in [0.15, 0.2) is 0 Å². The molecular formula is C16H16N4O. The van der Waals surface area contributed by atoms with Gasteiger partial charge in [0, 0.05) is 29.4 Å². The standard InChI is InChI=1S/C16H16N4O/c1-10(17)11-4-2-3-5-12(11)16(21)20-14-7-9-19-15-13(14)6-8-18-15/h2-10H,17H2,1H3,(H2,18,19,20,21)/t10-/m1/s1. The SMILES string of the molecule is C[C@@H](N)c1ccccc1C(=O)Nc1ccnc2[nH]ccc12. The molecule has 21 heavy (non-hydrogen) atoms. The van der Waals surface area contributed by atoms with E-state index in [-0.39, 0.29) is 11.9 Å². The summed E-state index contributed by atoms with van der Waals surface area (Å²) < 4.78 is 0. The minimum absolute atomic E-state index is 0.170. The van der Waals surface area contributed by atoms with Crippen molar-refractivity contribution in [2.24, 2.45) is 5.73 Å². The van der Waals surface area contributed by atoms with E-state index in [0.717, 1.165) is 22.3 Å². The summed E-state index contributed by atoms with van der Waals surface area (Å²) in [5.41, 5.74) is 8.81. The first-order chi connectivity index (χ1) is 10.2. The smallest absolute Gasteiger partial charge is 0.256 e. The highest BCUT2D eigenvalue weighted by molar-refractivity contribution is 6.09. The fourth-order valence-electron chi connectivity index (χ4n) is 2.36. The number of fused-ring (bicyclic) bond motifs is 1. The van der Waals surface area contributed by atoms with Crippen LogP contribution in [0.4, 0.5) is 5.69 Å². The molecule has 0 bridgehead atoms. The maximum Gasteiger partial charge on any atom is 0.256 e. The van der Waals surface area contributed by atoms with Crippen LogP contribution in [-0.4, -0.2) is 15.9 Å². The maximum atomic E-state index is 12.5. The molecule has 0 saturated carbocycles. The molecule has 2 heterocycles. The Morgan fingerprint density at radius 3 is 2.90 bits per heavy atom. The van der Waals surface area contributed by atoms with Crippen molar-refractivity contribution >= 4 is 22.6 Å². The second-order valence-electron chi connectivity index (χ2n) is 4.93. The summed E-state index contributed by atoms with van der Waals surface area (Å²) >= 11 is 0. The number of aromatic nitrogens is 2. The Kier molecular flexibility index (Phi) is 3.41. The summed E-state index contributed by atoms with van der Waals surface area (Å²) in [7, 11) is 0. The molecule has 2 aromatic heterocycles. The molecule has 0 fully saturated rings. The molecule has 0 unspecified atom stereocenters. The van der Waals surface area contributed by atoms with Crippen LogP contribution < -0.4 is 11.1 Å². The van der Waals surface area contributed by atoms with E-state index in [4.69, 9.17) is 5.73 Å². The van der Waals surface area contributed by atoms with E-state index >= 15 is 0 Å². The van der Waals surface area contributed by atoms with Crippen LogP contribution in [0.2, 0.25) is 0 Å². The Morgan fingerprint density at radius 2 is 2.10 bits per heavy atom. The molecule has 1 amide bonds. The number of carbonyl (C=O) groups is 1. The molecule has 0 aliphatic carbocycles. The van der Waals surface area contributed by atoms with E-state index in [2.05, 4.69) is 15.3 Å². The van der Waals surface area contributed by atoms with Gasteiger partial charge in [-0.2, -0.15) is 0 Å². The molecule has 5 nitrogen and oxygen atoms in total. The highest BCUT2D eigenvalue weighted by Crippen LogP contribution is 2.22. The lowest BCUT2D eigenvalue weighted by Gasteiger charge is -2.13. The van der Waals surface area contributed by atoms with E-state index in [0.29, 0.717) is 5.56 Å². The number of nitrogens with zero attached hydrogens (tertiary/aromatic N) is 1. The third-order valence-corrected chi connectivity index (χ3v) is 3.40. The minimum atomic E-state index is -0.198. The van der Waals surface area contributed by atoms with Crippen LogP contribution in [0.5, 0.6) is 0 Å². The van der Waals surface area contributed by atoms with Crippen molar-refractivity contribution in [1.82, 2.24) is 9.97 Å². The number of nitrogens with two attached hydrogens (primary N) is 1. The number of H-pyrrole nitrogens is 1. The van der Waals surface area contributed by atoms with Crippen LogP contribution in [0, 0.1) is 0 Å². The third kappa shape index (κ3) is 2.51. The monoisotopic (exact) mass is 280 g/mol. The van der Waals surface area contributed by atoms with Crippen molar-refractivity contribution in [2.75, 3.05) is 5.32 Å². The average molecular weight is 280 g/mol. The number of hydrogen-bond acceptors (Lipinski definition) is 3. The fraction of sp³-hybridized carbons (Fsp3) is 0.125. The summed E-state index contributed by atoms with van der Waals surface area (Å²) in [5.74, 6) is -0.170. The second kappa shape index (κ2) is 5.38. The van der Waals surface area contributed by atoms with Gasteiger partial charge in [0.2, 0.25) is 0 Å². The zero-order valence-corrected chi connectivity index (χ0v) is 11.6. The van der Waals surface area contributed by atoms with Crippen molar-refractivity contribution in [1.29, 1.82) is 0 Å². The molecule has 0 saturated heterocycles. The first kappa shape index (κ1) is 13.3. The summed E-state index contributed by atoms with van der Waals surface area (Å²) in [5, 5.41) is 3.81. The highest BCUT2D eigenvalue weighted by Gasteiger charge is 2.14. The number of nitrogens with one attached hydrogen (secondary N) is 2. The van der Waals surface area contributed by atoms with E-state index in [1.54, 1.807) is 24.5 Å². The molecule has 0 aliphatic rings. The van der Waals surface area contributed by atoms with Crippen molar-refractivity contribution in [3.8, 4) is 0 Å². The van der Waals surface area contributed by atoms with Crippen LogP contribution in [-0.2, 0) is 0 Å². The number of pyridine rings is 1. The molecule has 0 radical (unpaired) electrons. The van der Waals surface area contributed by atoms with Gasteiger partial charge >= 0.3 is 0 Å². The van der Waals surface area contributed by atoms with Gasteiger partial charge in [-0.15, -0.1) is 0 Å². The number of hydrogen-bond donors (Lipinski definition) is 3. The van der Waals surface area contributed by atoms with Crippen molar-refractivity contribution in [2.45, 2.75) is 13.0 Å². The number of anilines is 1. The first-order valence-electron chi connectivity index (χ1n) is 6.75. The van der Waals surface area contributed by atoms with Crippen LogP contribution in [0.25, 0.3) is 11.0 Å². The Morgan fingerprint density at radius 1 is 1.29 bits per heavy atom. The molecule has 4 N–H and O–H groups in total. The number of rotatable bonds is 3. The van der Waals surface area contributed by atoms with Gasteiger partial charge in [-0.3, -0.25) is 4.79 Å². The van der Waals surface area contributed by atoms with Gasteiger partial charge in [0.25, 0.3) is 5.91 Å². The lowest BCUT2D eigenvalue weighted by molar-refractivity contribution is 0.102. The van der Waals surface area contributed by atoms with Crippen molar-refractivity contribution < 1.29 is 4.79 Å². The molecule has 1 atom stereocenters. The lowest BCUT2D eigenvalue weighted by Crippen LogP contribution is -2.17. The Labute approximate surface area is 122 Å². The van der Waals surface area contributed by atoms with Crippen LogP contribution in [0.1, 0.15) is 28.9 Å². The van der Waals surface area contributed by atoms with Gasteiger partial charge in [-0.1, -0.05) is 18.2 Å². The van der Waals surface area contributed by atoms with E-state index < -0.39 is 0 Å². The number of aromatic amines is 1. The van der Waals surface area contributed by atoms with Gasteiger partial charge in [0.1, 0.15) is 5.65 Å². The van der Waals surface area contributed by atoms with Crippen LogP contribution >= 0.6 is 0 Å². The van der Waals surface area contributed by atoms with Crippen molar-refractivity contribution in [3.05, 3.63) is 59.9 Å². The van der Waals surface area contributed by atoms with E-state index in [1.165, 1.54) is 0 Å². The lowest BCUT2D eigenvalue weighted by atomic mass is 10.0. The third-order valence-electron chi connectivity index (χ3n) is 3.40. The summed E-state index contributed by atoms with van der Waals surface area (Å²) in [6.07, 6.45) is 3.45. The molecule has 1 aromatic carbocycles. The fourth-order valence-corrected chi connectivity index (χ4v) is 2.36. The summed E-state index contributed by atoms with van der Waals surface area (Å²) in [6.45, 7) is 1.86. The van der Waals surface area contributed by atoms with Gasteiger partial charge < -0.3 is 16.0 Å². The maximum absolute atomic E-state index is 12.5. The van der Waals surface area contributed by atoms with E-state index in [1.807, 2.05) is 31.2 Å². The highest BCUT2D eigenvalue weighted by atomic mass is 16.1. The Hall–Kier alpha value is -2.66. The molecule has 3 aromatic rings. The Bertz CT molecular complexity index is 792.